The molecular formula is C32H32FN9O3S. The highest BCUT2D eigenvalue weighted by Gasteiger charge is 2.28. The van der Waals surface area contributed by atoms with Crippen molar-refractivity contribution in [3.05, 3.63) is 84.6 Å². The average Bonchev–Trinajstić information content (AvgIpc) is 3.74. The molecule has 1 aromatic carbocycles. The summed E-state index contributed by atoms with van der Waals surface area (Å²) in [7, 11) is -0.397. The molecule has 0 spiro atoms. The smallest absolute Gasteiger partial charge is 0.271 e. The number of amides is 1. The normalized spacial score (nSPS) is 17.0. The first-order valence-corrected chi connectivity index (χ1v) is 16.4. The van der Waals surface area contributed by atoms with Crippen LogP contribution in [0.3, 0.4) is 0 Å². The van der Waals surface area contributed by atoms with Gasteiger partial charge in [0.05, 0.1) is 22.8 Å². The molecule has 5 aromatic heterocycles. The Morgan fingerprint density at radius 1 is 0.978 bits per heavy atom. The van der Waals surface area contributed by atoms with Gasteiger partial charge in [0, 0.05) is 55.7 Å². The molecule has 46 heavy (non-hydrogen) atoms. The van der Waals surface area contributed by atoms with E-state index < -0.39 is 15.8 Å². The molecule has 5 heterocycles. The van der Waals surface area contributed by atoms with Gasteiger partial charge in [0.15, 0.2) is 11.5 Å². The summed E-state index contributed by atoms with van der Waals surface area (Å²) in [5.74, 6) is -0.0332. The predicted molar refractivity (Wildman–Crippen MR) is 171 cm³/mol. The quantitative estimate of drug-likeness (QED) is 0.259. The van der Waals surface area contributed by atoms with Crippen molar-refractivity contribution in [3.8, 4) is 11.4 Å². The molecule has 1 aliphatic carbocycles. The van der Waals surface area contributed by atoms with Gasteiger partial charge in [-0.05, 0) is 56.9 Å². The first-order chi connectivity index (χ1) is 22.1. The zero-order valence-electron chi connectivity index (χ0n) is 25.5. The van der Waals surface area contributed by atoms with Gasteiger partial charge in [-0.1, -0.05) is 17.7 Å². The van der Waals surface area contributed by atoms with Gasteiger partial charge in [-0.2, -0.15) is 0 Å². The van der Waals surface area contributed by atoms with Crippen LogP contribution in [0.25, 0.3) is 33.5 Å². The molecule has 0 saturated heterocycles. The highest BCUT2D eigenvalue weighted by atomic mass is 32.2. The van der Waals surface area contributed by atoms with Gasteiger partial charge >= 0.3 is 0 Å². The number of carbonyl (C=O) groups excluding carboxylic acids is 1. The Morgan fingerprint density at radius 2 is 1.76 bits per heavy atom. The first-order valence-electron chi connectivity index (χ1n) is 14.9. The van der Waals surface area contributed by atoms with Gasteiger partial charge < -0.3 is 19.8 Å². The van der Waals surface area contributed by atoms with Crippen molar-refractivity contribution >= 4 is 43.8 Å². The van der Waals surface area contributed by atoms with Crippen LogP contribution in [0.1, 0.15) is 41.7 Å². The van der Waals surface area contributed by atoms with Crippen molar-refractivity contribution in [1.82, 2.24) is 38.4 Å². The van der Waals surface area contributed by atoms with Crippen molar-refractivity contribution in [1.29, 1.82) is 0 Å². The van der Waals surface area contributed by atoms with Gasteiger partial charge in [0.25, 0.3) is 15.9 Å². The third-order valence-corrected chi connectivity index (χ3v) is 10.1. The summed E-state index contributed by atoms with van der Waals surface area (Å²) < 4.78 is 46.8. The summed E-state index contributed by atoms with van der Waals surface area (Å²) in [4.78, 5) is 30.9. The summed E-state index contributed by atoms with van der Waals surface area (Å²) in [5, 5.41) is 7.73. The number of hydrogen-bond acceptors (Lipinski definition) is 8. The Hall–Kier alpha value is -5.11. The Labute approximate surface area is 264 Å². The summed E-state index contributed by atoms with van der Waals surface area (Å²) in [6.45, 7) is 1.87. The van der Waals surface area contributed by atoms with Gasteiger partial charge in [0.2, 0.25) is 0 Å². The lowest BCUT2D eigenvalue weighted by Gasteiger charge is -2.30. The highest BCUT2D eigenvalue weighted by molar-refractivity contribution is 7.90. The lowest BCUT2D eigenvalue weighted by Crippen LogP contribution is -2.42. The molecular weight excluding hydrogens is 609 g/mol. The molecule has 1 aliphatic rings. The summed E-state index contributed by atoms with van der Waals surface area (Å²) in [6, 6.07) is 9.61. The molecule has 2 N–H and O–H groups in total. The van der Waals surface area contributed by atoms with Gasteiger partial charge in [0.1, 0.15) is 23.0 Å². The van der Waals surface area contributed by atoms with E-state index in [1.54, 1.807) is 29.2 Å². The molecule has 236 valence electrons. The van der Waals surface area contributed by atoms with Crippen LogP contribution < -0.4 is 10.6 Å². The number of anilines is 1. The Balaban J connectivity index is 1.26. The topological polar surface area (TPSA) is 142 Å². The standard InChI is InChI=1S/C32H32FN9O3S/c1-19-7-9-23(10-8-19)46(44,45)42-16-26(25-13-20(33)15-34-30(25)42)29-38-28(24-11-12-41(3)31(24)39-29)36-21-5-4-6-22(14-21)37-32(43)27-17-40(2)18-35-27/h7-13,15-18,21-22H,4-6,14H2,1-3H3,(H,37,43)(H,36,38,39)/t21-,22+/m1/s1. The fraction of sp³-hybridized carbons (Fsp3) is 0.281. The minimum Gasteiger partial charge on any atom is -0.367 e. The number of pyridine rings is 1. The van der Waals surface area contributed by atoms with Crippen LogP contribution in [-0.2, 0) is 24.1 Å². The van der Waals surface area contributed by atoms with Crippen molar-refractivity contribution in [2.45, 2.75) is 49.6 Å². The van der Waals surface area contributed by atoms with E-state index in [0.29, 0.717) is 29.1 Å². The van der Waals surface area contributed by atoms with E-state index in [0.717, 1.165) is 40.4 Å². The number of fused-ring (bicyclic) bond motifs is 2. The van der Waals surface area contributed by atoms with E-state index in [-0.39, 0.29) is 39.7 Å². The monoisotopic (exact) mass is 641 g/mol. The zero-order chi connectivity index (χ0) is 32.2. The van der Waals surface area contributed by atoms with Crippen LogP contribution in [0.5, 0.6) is 0 Å². The second-order valence-electron chi connectivity index (χ2n) is 11.8. The minimum atomic E-state index is -4.07. The van der Waals surface area contributed by atoms with Crippen molar-refractivity contribution < 1.29 is 17.6 Å². The number of hydrogen-bond donors (Lipinski definition) is 2. The van der Waals surface area contributed by atoms with Crippen LogP contribution in [0.4, 0.5) is 10.2 Å². The first kappa shape index (κ1) is 29.6. The number of halogens is 1. The molecule has 0 radical (unpaired) electrons. The fourth-order valence-corrected chi connectivity index (χ4v) is 7.37. The zero-order valence-corrected chi connectivity index (χ0v) is 26.3. The van der Waals surface area contributed by atoms with Crippen LogP contribution in [0, 0.1) is 12.7 Å². The minimum absolute atomic E-state index is 0.00342. The molecule has 2 atom stereocenters. The molecule has 0 unspecified atom stereocenters. The molecule has 12 nitrogen and oxygen atoms in total. The van der Waals surface area contributed by atoms with E-state index >= 15 is 0 Å². The number of nitrogens with zero attached hydrogens (tertiary/aromatic N) is 7. The maximum absolute atomic E-state index is 14.6. The van der Waals surface area contributed by atoms with E-state index in [4.69, 9.17) is 9.97 Å². The largest absolute Gasteiger partial charge is 0.367 e. The summed E-state index contributed by atoms with van der Waals surface area (Å²) in [6.07, 6.45) is 10.8. The maximum atomic E-state index is 14.6. The summed E-state index contributed by atoms with van der Waals surface area (Å²) in [5.41, 5.74) is 2.31. The molecule has 1 amide bonds. The van der Waals surface area contributed by atoms with E-state index in [1.807, 2.05) is 37.8 Å². The van der Waals surface area contributed by atoms with Crippen LogP contribution in [0.2, 0.25) is 0 Å². The number of aromatic nitrogens is 7. The Kier molecular flexibility index (Phi) is 7.31. The van der Waals surface area contributed by atoms with Gasteiger partial charge in [-0.15, -0.1) is 0 Å². The lowest BCUT2D eigenvalue weighted by molar-refractivity contribution is 0.0921. The second kappa shape index (κ2) is 11.4. The van der Waals surface area contributed by atoms with Crippen LogP contribution in [-0.4, -0.2) is 59.5 Å². The summed E-state index contributed by atoms with van der Waals surface area (Å²) >= 11 is 0. The lowest BCUT2D eigenvalue weighted by atomic mass is 9.90. The Morgan fingerprint density at radius 3 is 2.52 bits per heavy atom. The highest BCUT2D eigenvalue weighted by Crippen LogP contribution is 2.34. The Bertz CT molecular complexity index is 2220. The fourth-order valence-electron chi connectivity index (χ4n) is 6.04. The molecule has 14 heteroatoms. The maximum Gasteiger partial charge on any atom is 0.271 e. The number of rotatable bonds is 7. The molecule has 0 bridgehead atoms. The van der Waals surface area contributed by atoms with Gasteiger partial charge in [-0.3, -0.25) is 4.79 Å². The third kappa shape index (κ3) is 5.38. The van der Waals surface area contributed by atoms with Crippen LogP contribution >= 0.6 is 0 Å². The number of benzene rings is 1. The van der Waals surface area contributed by atoms with Crippen molar-refractivity contribution in [2.75, 3.05) is 5.32 Å². The molecule has 1 saturated carbocycles. The average molecular weight is 642 g/mol. The van der Waals surface area contributed by atoms with E-state index in [9.17, 15) is 17.6 Å². The number of aryl methyl sites for hydroxylation is 3. The van der Waals surface area contributed by atoms with E-state index in [2.05, 4.69) is 20.6 Å². The molecule has 1 fully saturated rings. The number of imidazole rings is 1. The van der Waals surface area contributed by atoms with Crippen molar-refractivity contribution in [3.63, 3.8) is 0 Å². The van der Waals surface area contributed by atoms with Crippen molar-refractivity contribution in [2.24, 2.45) is 14.1 Å². The second-order valence-corrected chi connectivity index (χ2v) is 13.7. The van der Waals surface area contributed by atoms with Crippen LogP contribution in [0.15, 0.2) is 72.4 Å². The number of carbonyl (C=O) groups is 1. The van der Waals surface area contributed by atoms with Gasteiger partial charge in [-0.25, -0.2) is 36.7 Å². The number of nitrogens with one attached hydrogen (secondary N) is 2. The predicted octanol–water partition coefficient (Wildman–Crippen LogP) is 4.56. The SMILES string of the molecule is Cc1ccc(S(=O)(=O)n2cc(-c3nc(N[C@@H]4CCC[C@H](NC(=O)c5cn(C)cn5)C4)c4ccn(C)c4n3)c3cc(F)cnc32)cc1. The van der Waals surface area contributed by atoms with E-state index in [1.165, 1.54) is 24.4 Å². The molecule has 7 rings (SSSR count). The third-order valence-electron chi connectivity index (χ3n) is 8.41. The molecule has 0 aliphatic heterocycles. The molecule has 6 aromatic rings.